The van der Waals surface area contributed by atoms with Crippen molar-refractivity contribution in [1.82, 2.24) is 14.8 Å². The molecule has 0 saturated carbocycles. The molecule has 0 bridgehead atoms. The van der Waals surface area contributed by atoms with Crippen molar-refractivity contribution in [2.75, 3.05) is 7.11 Å². The van der Waals surface area contributed by atoms with Gasteiger partial charge in [-0.15, -0.1) is 10.2 Å². The molecule has 110 valence electrons. The Morgan fingerprint density at radius 2 is 1.74 bits per heavy atom. The molecule has 0 aromatic carbocycles. The predicted molar refractivity (Wildman–Crippen MR) is 71.2 cm³/mol. The summed E-state index contributed by atoms with van der Waals surface area (Å²) in [4.78, 5) is 0. The normalized spacial score (nSPS) is 13.8. The van der Waals surface area contributed by atoms with Crippen LogP contribution in [0.5, 0.6) is 0 Å². The number of hydrogen-bond donors (Lipinski definition) is 1. The molecule has 1 aromatic rings. The van der Waals surface area contributed by atoms with Gasteiger partial charge in [-0.2, -0.15) is 0 Å². The van der Waals surface area contributed by atoms with Gasteiger partial charge in [0.1, 0.15) is 5.82 Å². The van der Waals surface area contributed by atoms with Crippen LogP contribution in [0.25, 0.3) is 0 Å². The molecule has 0 aliphatic rings. The van der Waals surface area contributed by atoms with Gasteiger partial charge in [0.25, 0.3) is 15.2 Å². The van der Waals surface area contributed by atoms with Crippen LogP contribution in [0.4, 0.5) is 0 Å². The lowest BCUT2D eigenvalue weighted by molar-refractivity contribution is 0.0200. The minimum Gasteiger partial charge on any atom is -0.378 e. The molecule has 0 aliphatic heterocycles. The van der Waals surface area contributed by atoms with Crippen LogP contribution in [0.1, 0.15) is 40.4 Å². The number of hydrogen-bond acceptors (Lipinski definition) is 5. The van der Waals surface area contributed by atoms with E-state index in [9.17, 15) is 8.42 Å². The number of primary sulfonamides is 1. The fraction of sp³-hybridized carbons (Fsp3) is 0.818. The maximum atomic E-state index is 11.6. The summed E-state index contributed by atoms with van der Waals surface area (Å²) < 4.78 is 30.0. The van der Waals surface area contributed by atoms with Crippen LogP contribution >= 0.6 is 0 Å². The topological polar surface area (TPSA) is 100 Å². The maximum Gasteiger partial charge on any atom is 0.273 e. The quantitative estimate of drug-likeness (QED) is 0.877. The first-order valence-electron chi connectivity index (χ1n) is 5.91. The smallest absolute Gasteiger partial charge is 0.273 e. The molecular weight excluding hydrogens is 268 g/mol. The molecule has 19 heavy (non-hydrogen) atoms. The summed E-state index contributed by atoms with van der Waals surface area (Å²) >= 11 is 0. The van der Waals surface area contributed by atoms with Gasteiger partial charge in [-0.05, 0) is 34.6 Å². The van der Waals surface area contributed by atoms with Crippen LogP contribution < -0.4 is 5.14 Å². The number of nitrogens with zero attached hydrogens (tertiary/aromatic N) is 3. The highest BCUT2D eigenvalue weighted by molar-refractivity contribution is 7.89. The molecule has 0 spiro atoms. The maximum absolute atomic E-state index is 11.6. The Balaban J connectivity index is 3.40. The lowest BCUT2D eigenvalue weighted by Gasteiger charge is -2.28. The third kappa shape index (κ3) is 3.74. The molecule has 1 rings (SSSR count). The lowest BCUT2D eigenvalue weighted by Crippen LogP contribution is -2.33. The summed E-state index contributed by atoms with van der Waals surface area (Å²) in [6.45, 7) is 9.40. The predicted octanol–water partition coefficient (Wildman–Crippen LogP) is 0.648. The van der Waals surface area contributed by atoms with Crippen molar-refractivity contribution in [1.29, 1.82) is 0 Å². The Morgan fingerprint density at radius 1 is 1.21 bits per heavy atom. The third-order valence-electron chi connectivity index (χ3n) is 2.76. The fourth-order valence-corrected chi connectivity index (χ4v) is 2.51. The fourth-order valence-electron chi connectivity index (χ4n) is 1.73. The number of methoxy groups -OCH3 is 1. The zero-order chi connectivity index (χ0) is 15.1. The molecule has 0 fully saturated rings. The van der Waals surface area contributed by atoms with E-state index in [1.165, 1.54) is 0 Å². The van der Waals surface area contributed by atoms with E-state index >= 15 is 0 Å². The van der Waals surface area contributed by atoms with Crippen LogP contribution in [0.3, 0.4) is 0 Å². The minimum absolute atomic E-state index is 0.220. The van der Waals surface area contributed by atoms with Crippen LogP contribution in [-0.2, 0) is 26.7 Å². The second kappa shape index (κ2) is 4.84. The van der Waals surface area contributed by atoms with E-state index in [1.54, 1.807) is 11.7 Å². The van der Waals surface area contributed by atoms with Gasteiger partial charge >= 0.3 is 0 Å². The Hall–Kier alpha value is -0.990. The zero-order valence-electron chi connectivity index (χ0n) is 12.3. The van der Waals surface area contributed by atoms with E-state index in [-0.39, 0.29) is 5.16 Å². The summed E-state index contributed by atoms with van der Waals surface area (Å²) in [6.07, 6.45) is 0.434. The van der Waals surface area contributed by atoms with Crippen LogP contribution in [0.2, 0.25) is 0 Å². The van der Waals surface area contributed by atoms with E-state index in [0.29, 0.717) is 12.2 Å². The summed E-state index contributed by atoms with van der Waals surface area (Å²) in [5.74, 6) is 0.531. The molecule has 1 aromatic heterocycles. The summed E-state index contributed by atoms with van der Waals surface area (Å²) in [5, 5.41) is 12.6. The number of aromatic nitrogens is 3. The molecule has 0 radical (unpaired) electrons. The molecule has 1 heterocycles. The molecule has 8 heteroatoms. The van der Waals surface area contributed by atoms with Crippen LogP contribution in [0.15, 0.2) is 5.16 Å². The SMILES string of the molecule is COC(C)(C)Cc1nnc(S(N)(=O)=O)n1C(C)(C)C. The van der Waals surface area contributed by atoms with Crippen molar-refractivity contribution in [2.45, 2.75) is 57.3 Å². The molecule has 0 saturated heterocycles. The second-order valence-electron chi connectivity index (χ2n) is 6.09. The van der Waals surface area contributed by atoms with E-state index < -0.39 is 21.2 Å². The van der Waals surface area contributed by atoms with Gasteiger partial charge in [0.15, 0.2) is 0 Å². The van der Waals surface area contributed by atoms with E-state index in [1.807, 2.05) is 34.6 Å². The summed E-state index contributed by atoms with van der Waals surface area (Å²) in [7, 11) is -2.31. The van der Waals surface area contributed by atoms with Gasteiger partial charge in [0.2, 0.25) is 0 Å². The molecule has 0 aliphatic carbocycles. The largest absolute Gasteiger partial charge is 0.378 e. The van der Waals surface area contributed by atoms with Crippen LogP contribution in [0, 0.1) is 0 Å². The minimum atomic E-state index is -3.91. The monoisotopic (exact) mass is 290 g/mol. The first-order chi connectivity index (χ1) is 8.38. The molecular formula is C11H22N4O3S. The van der Waals surface area contributed by atoms with Crippen molar-refractivity contribution in [2.24, 2.45) is 5.14 Å². The standard InChI is InChI=1S/C11H22N4O3S/c1-10(2,3)15-8(7-11(4,5)18-6)13-14-9(15)19(12,16)17/h7H2,1-6H3,(H2,12,16,17). The molecule has 7 nitrogen and oxygen atoms in total. The lowest BCUT2D eigenvalue weighted by atomic mass is 10.0. The Bertz CT molecular complexity index is 555. The van der Waals surface area contributed by atoms with Crippen LogP contribution in [-0.4, -0.2) is 35.9 Å². The van der Waals surface area contributed by atoms with Gasteiger partial charge in [-0.1, -0.05) is 0 Å². The first-order valence-corrected chi connectivity index (χ1v) is 7.46. The van der Waals surface area contributed by atoms with Gasteiger partial charge in [0.05, 0.1) is 5.60 Å². The van der Waals surface area contributed by atoms with E-state index in [4.69, 9.17) is 9.88 Å². The zero-order valence-corrected chi connectivity index (χ0v) is 13.1. The van der Waals surface area contributed by atoms with Crippen molar-refractivity contribution >= 4 is 10.0 Å². The van der Waals surface area contributed by atoms with Gasteiger partial charge in [-0.3, -0.25) is 4.57 Å². The Kier molecular flexibility index (Phi) is 4.09. The molecule has 0 unspecified atom stereocenters. The molecule has 0 amide bonds. The summed E-state index contributed by atoms with van der Waals surface area (Å²) in [5.41, 5.74) is -0.962. The van der Waals surface area contributed by atoms with Crippen molar-refractivity contribution < 1.29 is 13.2 Å². The highest BCUT2D eigenvalue weighted by Gasteiger charge is 2.31. The van der Waals surface area contributed by atoms with Crippen molar-refractivity contribution in [3.8, 4) is 0 Å². The number of rotatable bonds is 4. The molecule has 2 N–H and O–H groups in total. The van der Waals surface area contributed by atoms with Gasteiger partial charge in [0, 0.05) is 19.1 Å². The van der Waals surface area contributed by atoms with E-state index in [2.05, 4.69) is 10.2 Å². The third-order valence-corrected chi connectivity index (χ3v) is 3.54. The average molecular weight is 290 g/mol. The number of nitrogens with two attached hydrogens (primary N) is 1. The van der Waals surface area contributed by atoms with E-state index in [0.717, 1.165) is 0 Å². The number of ether oxygens (including phenoxy) is 1. The summed E-state index contributed by atoms with van der Waals surface area (Å²) in [6, 6.07) is 0. The second-order valence-corrected chi connectivity index (χ2v) is 7.55. The van der Waals surface area contributed by atoms with Crippen molar-refractivity contribution in [3.63, 3.8) is 0 Å². The Labute approximate surface area is 114 Å². The van der Waals surface area contributed by atoms with Gasteiger partial charge < -0.3 is 4.74 Å². The Morgan fingerprint density at radius 3 is 2.11 bits per heavy atom. The van der Waals surface area contributed by atoms with Crippen molar-refractivity contribution in [3.05, 3.63) is 5.82 Å². The highest BCUT2D eigenvalue weighted by atomic mass is 32.2. The first kappa shape index (κ1) is 16.1. The number of sulfonamides is 1. The average Bonchev–Trinajstić information content (AvgIpc) is 2.59. The molecule has 0 atom stereocenters. The highest BCUT2D eigenvalue weighted by Crippen LogP contribution is 2.24. The van der Waals surface area contributed by atoms with Gasteiger partial charge in [-0.25, -0.2) is 13.6 Å².